The lowest BCUT2D eigenvalue weighted by Gasteiger charge is -2.21. The van der Waals surface area contributed by atoms with Crippen LogP contribution < -0.4 is 0 Å². The average Bonchev–Trinajstić information content (AvgIpc) is 3.06. The Kier molecular flexibility index (Phi) is 6.29. The van der Waals surface area contributed by atoms with Crippen LogP contribution >= 0.6 is 24.0 Å². The Hall–Kier alpha value is -2.12. The van der Waals surface area contributed by atoms with E-state index >= 15 is 0 Å². The van der Waals surface area contributed by atoms with Gasteiger partial charge in [-0.2, -0.15) is 0 Å². The van der Waals surface area contributed by atoms with Crippen LogP contribution in [0.3, 0.4) is 0 Å². The number of carbonyl (C=O) groups excluding carboxylic acids is 2. The molecule has 7 heteroatoms. The van der Waals surface area contributed by atoms with Crippen LogP contribution in [0.2, 0.25) is 0 Å². The predicted octanol–water partition coefficient (Wildman–Crippen LogP) is 4.44. The third-order valence-corrected chi connectivity index (χ3v) is 7.42. The maximum absolute atomic E-state index is 13.1. The molecule has 2 aliphatic rings. The van der Waals surface area contributed by atoms with E-state index in [9.17, 15) is 9.59 Å². The van der Waals surface area contributed by atoms with E-state index in [1.54, 1.807) is 7.05 Å². The predicted molar refractivity (Wildman–Crippen MR) is 127 cm³/mol. The first-order chi connectivity index (χ1) is 14.5. The van der Waals surface area contributed by atoms with Crippen molar-refractivity contribution in [1.82, 2.24) is 14.4 Å². The molecule has 2 aliphatic heterocycles. The molecule has 0 spiro atoms. The summed E-state index contributed by atoms with van der Waals surface area (Å²) in [4.78, 5) is 29.7. The first kappa shape index (κ1) is 21.1. The number of hydrogen-bond acceptors (Lipinski definition) is 4. The van der Waals surface area contributed by atoms with Gasteiger partial charge in [0.15, 0.2) is 0 Å². The Morgan fingerprint density at radius 1 is 1.20 bits per heavy atom. The lowest BCUT2D eigenvalue weighted by Crippen LogP contribution is -2.34. The van der Waals surface area contributed by atoms with Crippen LogP contribution in [-0.2, 0) is 22.6 Å². The van der Waals surface area contributed by atoms with Crippen molar-refractivity contribution in [2.45, 2.75) is 45.6 Å². The van der Waals surface area contributed by atoms with Crippen molar-refractivity contribution in [2.24, 2.45) is 0 Å². The number of fused-ring (bicyclic) bond motifs is 1. The van der Waals surface area contributed by atoms with Crippen molar-refractivity contribution >= 4 is 57.1 Å². The van der Waals surface area contributed by atoms with E-state index in [1.807, 2.05) is 23.2 Å². The molecule has 0 aliphatic carbocycles. The zero-order chi connectivity index (χ0) is 21.3. The fourth-order valence-corrected chi connectivity index (χ4v) is 5.41. The normalized spacial score (nSPS) is 19.2. The molecule has 0 unspecified atom stereocenters. The van der Waals surface area contributed by atoms with Crippen LogP contribution in [0.4, 0.5) is 0 Å². The van der Waals surface area contributed by atoms with Gasteiger partial charge in [-0.1, -0.05) is 61.9 Å². The smallest absolute Gasteiger partial charge is 0.265 e. The number of amides is 2. The molecular formula is C23H27N3O2S2. The quantitative estimate of drug-likeness (QED) is 0.520. The van der Waals surface area contributed by atoms with Gasteiger partial charge in [-0.15, -0.1) is 0 Å². The third-order valence-electron chi connectivity index (χ3n) is 5.93. The van der Waals surface area contributed by atoms with Gasteiger partial charge in [0.25, 0.3) is 5.91 Å². The van der Waals surface area contributed by atoms with E-state index in [-0.39, 0.29) is 11.8 Å². The van der Waals surface area contributed by atoms with E-state index < -0.39 is 0 Å². The number of likely N-dealkylation sites (N-methyl/N-ethyl adjacent to an activating group) is 1. The van der Waals surface area contributed by atoms with Crippen molar-refractivity contribution in [3.05, 3.63) is 40.4 Å². The second-order valence-electron chi connectivity index (χ2n) is 7.91. The maximum atomic E-state index is 13.1. The highest BCUT2D eigenvalue weighted by Crippen LogP contribution is 2.34. The summed E-state index contributed by atoms with van der Waals surface area (Å²) in [5.74, 6) is 0.101. The van der Waals surface area contributed by atoms with Crippen molar-refractivity contribution < 1.29 is 9.59 Å². The number of nitrogens with zero attached hydrogens (tertiary/aromatic N) is 3. The van der Waals surface area contributed by atoms with Gasteiger partial charge in [0, 0.05) is 37.3 Å². The third kappa shape index (κ3) is 4.05. The molecule has 0 radical (unpaired) electrons. The minimum atomic E-state index is -0.0711. The molecule has 1 aromatic carbocycles. The number of benzene rings is 1. The fourth-order valence-electron chi connectivity index (χ4n) is 4.24. The van der Waals surface area contributed by atoms with E-state index in [4.69, 9.17) is 12.2 Å². The molecular weight excluding hydrogens is 414 g/mol. The number of carbonyl (C=O) groups is 2. The first-order valence-corrected chi connectivity index (χ1v) is 11.8. The van der Waals surface area contributed by atoms with Crippen molar-refractivity contribution in [1.29, 1.82) is 0 Å². The van der Waals surface area contributed by atoms with Gasteiger partial charge in [-0.05, 0) is 30.9 Å². The summed E-state index contributed by atoms with van der Waals surface area (Å²) in [5, 5.41) is 1.07. The lowest BCUT2D eigenvalue weighted by atomic mass is 10.1. The Morgan fingerprint density at radius 2 is 1.93 bits per heavy atom. The van der Waals surface area contributed by atoms with E-state index in [0.717, 1.165) is 48.8 Å². The number of thioether (sulfide) groups is 1. The summed E-state index contributed by atoms with van der Waals surface area (Å²) in [7, 11) is 1.71. The highest BCUT2D eigenvalue weighted by atomic mass is 32.2. The molecule has 0 saturated carbocycles. The number of rotatable bonds is 4. The monoisotopic (exact) mass is 441 g/mol. The average molecular weight is 442 g/mol. The molecule has 2 aromatic rings. The van der Waals surface area contributed by atoms with Crippen LogP contribution in [0, 0.1) is 0 Å². The van der Waals surface area contributed by atoms with E-state index in [1.165, 1.54) is 35.1 Å². The zero-order valence-electron chi connectivity index (χ0n) is 17.5. The molecule has 1 aromatic heterocycles. The summed E-state index contributed by atoms with van der Waals surface area (Å²) < 4.78 is 2.64. The number of hydrogen-bond donors (Lipinski definition) is 0. The fraction of sp³-hybridized carbons (Fsp3) is 0.435. The van der Waals surface area contributed by atoms with Crippen LogP contribution in [0.15, 0.2) is 29.3 Å². The molecule has 0 N–H and O–H groups in total. The second-order valence-corrected chi connectivity index (χ2v) is 9.59. The summed E-state index contributed by atoms with van der Waals surface area (Å²) in [5.41, 5.74) is 3.25. The number of aryl methyl sites for hydroxylation is 1. The van der Waals surface area contributed by atoms with Crippen LogP contribution in [-0.4, -0.2) is 50.6 Å². The lowest BCUT2D eigenvalue weighted by molar-refractivity contribution is -0.131. The highest BCUT2D eigenvalue weighted by molar-refractivity contribution is 8.26. The van der Waals surface area contributed by atoms with Gasteiger partial charge in [-0.25, -0.2) is 0 Å². The molecule has 3 heterocycles. The van der Waals surface area contributed by atoms with Gasteiger partial charge < -0.3 is 9.47 Å². The summed E-state index contributed by atoms with van der Waals surface area (Å²) in [6, 6.07) is 6.23. The van der Waals surface area contributed by atoms with Crippen molar-refractivity contribution in [3.8, 4) is 0 Å². The zero-order valence-corrected chi connectivity index (χ0v) is 19.2. The summed E-state index contributed by atoms with van der Waals surface area (Å²) in [6.45, 7) is 4.16. The molecule has 2 saturated heterocycles. The van der Waals surface area contributed by atoms with Crippen LogP contribution in [0.5, 0.6) is 0 Å². The largest absolute Gasteiger partial charge is 0.341 e. The van der Waals surface area contributed by atoms with Crippen molar-refractivity contribution in [2.75, 3.05) is 20.1 Å². The van der Waals surface area contributed by atoms with Gasteiger partial charge in [0.2, 0.25) is 5.91 Å². The Labute approximate surface area is 187 Å². The Morgan fingerprint density at radius 3 is 2.57 bits per heavy atom. The first-order valence-electron chi connectivity index (χ1n) is 10.6. The topological polar surface area (TPSA) is 45.6 Å². The minimum absolute atomic E-state index is 0.0711. The molecule has 30 heavy (non-hydrogen) atoms. The van der Waals surface area contributed by atoms with E-state index in [2.05, 4.69) is 23.6 Å². The number of likely N-dealkylation sites (tertiary alicyclic amines) is 1. The van der Waals surface area contributed by atoms with Gasteiger partial charge in [0.05, 0.1) is 10.4 Å². The standard InChI is InChI=1S/C23H27N3O2S2/c1-3-16-9-8-10-18-17(13-19-22(28)24(2)23(29)30-19)14-26(21(16)18)15-20(27)25-11-6-4-5-7-12-25/h8-10,13-14H,3-7,11-12,15H2,1-2H3/b19-13-. The molecule has 158 valence electrons. The SMILES string of the molecule is CCc1cccc2c(/C=C3\SC(=S)N(C)C3=O)cn(CC(=O)N3CCCCCC3)c12. The van der Waals surface area contributed by atoms with Gasteiger partial charge in [0.1, 0.15) is 10.9 Å². The molecule has 2 fully saturated rings. The van der Waals surface area contributed by atoms with Crippen molar-refractivity contribution in [3.63, 3.8) is 0 Å². The summed E-state index contributed by atoms with van der Waals surface area (Å²) in [6.07, 6.45) is 9.39. The molecule has 4 rings (SSSR count). The Balaban J connectivity index is 1.72. The molecule has 0 atom stereocenters. The second kappa shape index (κ2) is 8.94. The number of thiocarbonyl (C=S) groups is 1. The summed E-state index contributed by atoms with van der Waals surface area (Å²) >= 11 is 6.59. The molecule has 0 bridgehead atoms. The Bertz CT molecular complexity index is 1030. The number of para-hydroxylation sites is 1. The van der Waals surface area contributed by atoms with E-state index in [0.29, 0.717) is 15.8 Å². The molecule has 2 amide bonds. The number of aromatic nitrogens is 1. The van der Waals surface area contributed by atoms with Crippen LogP contribution in [0.25, 0.3) is 17.0 Å². The highest BCUT2D eigenvalue weighted by Gasteiger charge is 2.29. The van der Waals surface area contributed by atoms with Gasteiger partial charge in [-0.3, -0.25) is 14.5 Å². The maximum Gasteiger partial charge on any atom is 0.265 e. The van der Waals surface area contributed by atoms with Gasteiger partial charge >= 0.3 is 0 Å². The van der Waals surface area contributed by atoms with Crippen LogP contribution in [0.1, 0.15) is 43.7 Å². The molecule has 5 nitrogen and oxygen atoms in total. The minimum Gasteiger partial charge on any atom is -0.341 e.